The van der Waals surface area contributed by atoms with E-state index < -0.39 is 64.3 Å². The van der Waals surface area contributed by atoms with Crippen molar-refractivity contribution >= 4 is 43.6 Å². The maximum absolute atomic E-state index is 15.7. The van der Waals surface area contributed by atoms with Gasteiger partial charge in [-0.15, -0.1) is 0 Å². The zero-order valence-electron chi connectivity index (χ0n) is 46.3. The fourth-order valence-corrected chi connectivity index (χ4v) is 11.9. The van der Waals surface area contributed by atoms with Crippen LogP contribution in [0.4, 0.5) is 65.9 Å². The summed E-state index contributed by atoms with van der Waals surface area (Å²) in [5, 5.41) is 13.2. The predicted molar refractivity (Wildman–Crippen MR) is 311 cm³/mol. The summed E-state index contributed by atoms with van der Waals surface area (Å²) in [4.78, 5) is 0. The molecule has 0 N–H and O–H groups in total. The second-order valence-corrected chi connectivity index (χ2v) is 22.0. The summed E-state index contributed by atoms with van der Waals surface area (Å²) in [7, 11) is 0. The van der Waals surface area contributed by atoms with Gasteiger partial charge in [0.05, 0.1) is 66.8 Å². The van der Waals surface area contributed by atoms with Crippen molar-refractivity contribution in [2.24, 2.45) is 0 Å². The van der Waals surface area contributed by atoms with Gasteiger partial charge in [-0.1, -0.05) is 91.0 Å². The van der Waals surface area contributed by atoms with E-state index in [1.54, 1.807) is 48.5 Å². The molecule has 0 bridgehead atoms. The van der Waals surface area contributed by atoms with Crippen LogP contribution < -0.4 is 0 Å². The molecular formula is C70H42F15N3. The first-order chi connectivity index (χ1) is 41.3. The Morgan fingerprint density at radius 2 is 0.602 bits per heavy atom. The van der Waals surface area contributed by atoms with Crippen LogP contribution in [0.25, 0.3) is 111 Å². The molecule has 0 fully saturated rings. The second-order valence-electron chi connectivity index (χ2n) is 22.0. The smallest absolute Gasteiger partial charge is 0.309 e. The standard InChI is InChI=1S/C70H42F15N3/c1-36-17-44(25-49(21-36)66(71,72)73)40-9-13-54-55-14-10-41(45-18-37(2)22-50(26-45)67(74,75)76)30-62(55)87(61(54)29-40)60-34-58(53-7-5-6-8-59(53)70(83,84)85)65(33-48(60)35-86)88-63-31-42(46-19-38(3)23-51(27-46)68(77,78)79)11-15-56(63)57-16-12-43(32-64(57)88)47-20-39(4)24-52(28-47)69(80,81)82/h5-34H,1-4H3. The number of hydrogen-bond acceptors (Lipinski definition) is 1. The van der Waals surface area contributed by atoms with E-state index in [-0.39, 0.29) is 111 Å². The summed E-state index contributed by atoms with van der Waals surface area (Å²) < 4.78 is 223. The lowest BCUT2D eigenvalue weighted by Crippen LogP contribution is -2.09. The van der Waals surface area contributed by atoms with Crippen LogP contribution >= 0.6 is 0 Å². The monoisotopic (exact) mass is 1210 g/mol. The highest BCUT2D eigenvalue weighted by Crippen LogP contribution is 2.48. The molecule has 0 aliphatic carbocycles. The molecular weight excluding hydrogens is 1170 g/mol. The molecule has 88 heavy (non-hydrogen) atoms. The van der Waals surface area contributed by atoms with Crippen molar-refractivity contribution in [2.45, 2.75) is 58.6 Å². The number of hydrogen-bond donors (Lipinski definition) is 0. The lowest BCUT2D eigenvalue weighted by Gasteiger charge is -2.21. The Bertz CT molecular complexity index is 4660. The van der Waals surface area contributed by atoms with Gasteiger partial charge in [0.1, 0.15) is 6.07 Å². The fourth-order valence-electron chi connectivity index (χ4n) is 11.9. The van der Waals surface area contributed by atoms with Gasteiger partial charge in [-0.3, -0.25) is 0 Å². The molecule has 0 radical (unpaired) electrons. The topological polar surface area (TPSA) is 33.6 Å². The maximum atomic E-state index is 15.7. The number of aromatic nitrogens is 2. The molecule has 10 aromatic carbocycles. The first-order valence-electron chi connectivity index (χ1n) is 27.0. The van der Waals surface area contributed by atoms with Gasteiger partial charge < -0.3 is 9.13 Å². The number of benzene rings is 10. The molecule has 0 unspecified atom stereocenters. The van der Waals surface area contributed by atoms with Gasteiger partial charge in [-0.25, -0.2) is 0 Å². The Balaban J connectivity index is 1.23. The van der Waals surface area contributed by atoms with Gasteiger partial charge >= 0.3 is 30.9 Å². The first kappa shape index (κ1) is 58.6. The summed E-state index contributed by atoms with van der Waals surface area (Å²) in [6.07, 6.45) is -24.2. The van der Waals surface area contributed by atoms with Crippen LogP contribution in [0, 0.1) is 39.0 Å². The fraction of sp³-hybridized carbons (Fsp3) is 0.129. The number of nitrogens with zero attached hydrogens (tertiary/aromatic N) is 3. The number of nitriles is 1. The summed E-state index contributed by atoms with van der Waals surface area (Å²) in [5.74, 6) is 0. The summed E-state index contributed by atoms with van der Waals surface area (Å²) in [6.45, 7) is 5.89. The van der Waals surface area contributed by atoms with Crippen molar-refractivity contribution in [3.8, 4) is 73.1 Å². The van der Waals surface area contributed by atoms with E-state index in [4.69, 9.17) is 0 Å². The molecule has 3 nitrogen and oxygen atoms in total. The van der Waals surface area contributed by atoms with Crippen molar-refractivity contribution in [1.29, 1.82) is 5.26 Å². The highest BCUT2D eigenvalue weighted by atomic mass is 19.4. The molecule has 0 atom stereocenters. The number of alkyl halides is 15. The van der Waals surface area contributed by atoms with Crippen LogP contribution in [0.3, 0.4) is 0 Å². The Morgan fingerprint density at radius 1 is 0.295 bits per heavy atom. The van der Waals surface area contributed by atoms with Gasteiger partial charge in [0.15, 0.2) is 0 Å². The summed E-state index contributed by atoms with van der Waals surface area (Å²) >= 11 is 0. The summed E-state index contributed by atoms with van der Waals surface area (Å²) in [5.41, 5.74) is -3.04. The predicted octanol–water partition coefficient (Wildman–Crippen LogP) is 22.4. The highest BCUT2D eigenvalue weighted by molar-refractivity contribution is 6.13. The van der Waals surface area contributed by atoms with E-state index in [0.717, 1.165) is 60.7 Å². The molecule has 12 aromatic rings. The van der Waals surface area contributed by atoms with Gasteiger partial charge in [-0.2, -0.15) is 71.1 Å². The Kier molecular flexibility index (Phi) is 13.8. The zero-order chi connectivity index (χ0) is 62.9. The molecule has 12 rings (SSSR count). The number of aryl methyl sites for hydroxylation is 4. The van der Waals surface area contributed by atoms with E-state index >= 15 is 13.2 Å². The van der Waals surface area contributed by atoms with Crippen LogP contribution in [-0.4, -0.2) is 9.13 Å². The molecule has 0 spiro atoms. The third kappa shape index (κ3) is 10.7. The minimum absolute atomic E-state index is 0.103. The Labute approximate surface area is 491 Å². The second kappa shape index (κ2) is 20.7. The SMILES string of the molecule is Cc1cc(-c2ccc3c4ccc(-c5cc(C)cc(C(F)(F)F)c5)cc4n(-c4cc(-c5ccccc5C(F)(F)F)c(-n5c6cc(-c7cc(C)cc(C(F)(F)F)c7)ccc6c6ccc(-c7cc(C)cc(C(F)(F)F)c7)cc65)cc4C#N)c3c2)cc(C(F)(F)F)c1. The minimum atomic E-state index is -5.07. The van der Waals surface area contributed by atoms with Crippen molar-refractivity contribution in [3.05, 3.63) is 238 Å². The average molecular weight is 1210 g/mol. The van der Waals surface area contributed by atoms with Gasteiger partial charge in [0.25, 0.3) is 0 Å². The van der Waals surface area contributed by atoms with E-state index in [1.165, 1.54) is 110 Å². The van der Waals surface area contributed by atoms with Gasteiger partial charge in [-0.05, 0) is 191 Å². The van der Waals surface area contributed by atoms with Crippen molar-refractivity contribution < 1.29 is 65.9 Å². The third-order valence-corrected chi connectivity index (χ3v) is 15.7. The number of halogens is 15. The van der Waals surface area contributed by atoms with Crippen LogP contribution in [0.15, 0.2) is 182 Å². The number of rotatable bonds is 7. The van der Waals surface area contributed by atoms with E-state index in [9.17, 15) is 57.9 Å². The molecule has 442 valence electrons. The maximum Gasteiger partial charge on any atom is 0.417 e. The van der Waals surface area contributed by atoms with Crippen molar-refractivity contribution in [3.63, 3.8) is 0 Å². The van der Waals surface area contributed by atoms with Crippen LogP contribution in [-0.2, 0) is 30.9 Å². The Hall–Kier alpha value is -9.76. The van der Waals surface area contributed by atoms with Crippen LogP contribution in [0.1, 0.15) is 55.6 Å². The molecule has 2 heterocycles. The molecule has 0 saturated carbocycles. The zero-order valence-corrected chi connectivity index (χ0v) is 46.3. The molecule has 0 aliphatic heterocycles. The molecule has 0 aliphatic rings. The lowest BCUT2D eigenvalue weighted by atomic mass is 9.94. The highest BCUT2D eigenvalue weighted by Gasteiger charge is 2.37. The average Bonchev–Trinajstić information content (AvgIpc) is 1.57. The quantitative estimate of drug-likeness (QED) is 0.146. The minimum Gasteiger partial charge on any atom is -0.309 e. The molecule has 18 heteroatoms. The first-order valence-corrected chi connectivity index (χ1v) is 27.0. The molecule has 0 saturated heterocycles. The van der Waals surface area contributed by atoms with Crippen LogP contribution in [0.2, 0.25) is 0 Å². The van der Waals surface area contributed by atoms with E-state index in [2.05, 4.69) is 6.07 Å². The van der Waals surface area contributed by atoms with Crippen molar-refractivity contribution in [1.82, 2.24) is 9.13 Å². The van der Waals surface area contributed by atoms with Crippen LogP contribution in [0.5, 0.6) is 0 Å². The number of fused-ring (bicyclic) bond motifs is 6. The van der Waals surface area contributed by atoms with E-state index in [0.29, 0.717) is 21.5 Å². The Morgan fingerprint density at radius 3 is 0.898 bits per heavy atom. The largest absolute Gasteiger partial charge is 0.417 e. The van der Waals surface area contributed by atoms with Gasteiger partial charge in [0, 0.05) is 27.1 Å². The summed E-state index contributed by atoms with van der Waals surface area (Å²) in [6, 6.07) is 41.8. The molecule has 0 amide bonds. The molecule has 2 aromatic heterocycles. The third-order valence-electron chi connectivity index (χ3n) is 15.7. The lowest BCUT2D eigenvalue weighted by molar-refractivity contribution is -0.138. The van der Waals surface area contributed by atoms with E-state index in [1.807, 2.05) is 0 Å². The normalized spacial score (nSPS) is 12.7. The van der Waals surface area contributed by atoms with Gasteiger partial charge in [0.2, 0.25) is 0 Å². The van der Waals surface area contributed by atoms with Crippen molar-refractivity contribution in [2.75, 3.05) is 0 Å².